The van der Waals surface area contributed by atoms with Crippen LogP contribution in [-0.4, -0.2) is 72.8 Å². The van der Waals surface area contributed by atoms with E-state index >= 15 is 0 Å². The fourth-order valence-corrected chi connectivity index (χ4v) is 4.86. The highest BCUT2D eigenvalue weighted by Crippen LogP contribution is 2.26. The number of rotatable bonds is 6. The molecule has 2 fully saturated rings. The summed E-state index contributed by atoms with van der Waals surface area (Å²) in [5.41, 5.74) is 2.46. The van der Waals surface area contributed by atoms with E-state index in [-0.39, 0.29) is 12.5 Å². The number of hydrogen-bond donors (Lipinski definition) is 1. The third kappa shape index (κ3) is 5.83. The van der Waals surface area contributed by atoms with Crippen LogP contribution in [0, 0.1) is 6.92 Å². The molecule has 5 rings (SSSR count). The molecule has 3 heterocycles. The zero-order chi connectivity index (χ0) is 24.2. The number of carbonyl (C=O) groups is 1. The Labute approximate surface area is 210 Å². The Bertz CT molecular complexity index is 1180. The molecule has 0 spiro atoms. The third-order valence-corrected chi connectivity index (χ3v) is 6.90. The van der Waals surface area contributed by atoms with E-state index in [4.69, 9.17) is 31.0 Å². The Hall–Kier alpha value is -2.94. The molecule has 2 aliphatic rings. The van der Waals surface area contributed by atoms with Gasteiger partial charge in [0.25, 0.3) is 5.91 Å². The van der Waals surface area contributed by atoms with Crippen LogP contribution in [0.3, 0.4) is 0 Å². The quantitative estimate of drug-likeness (QED) is 0.555. The Morgan fingerprint density at radius 3 is 2.57 bits per heavy atom. The maximum Gasteiger partial charge on any atom is 0.262 e. The van der Waals surface area contributed by atoms with Crippen molar-refractivity contribution in [3.63, 3.8) is 0 Å². The first kappa shape index (κ1) is 23.8. The van der Waals surface area contributed by atoms with Crippen molar-refractivity contribution in [1.82, 2.24) is 14.9 Å². The first-order valence-corrected chi connectivity index (χ1v) is 12.5. The largest absolute Gasteiger partial charge is 0.484 e. The van der Waals surface area contributed by atoms with Gasteiger partial charge in [-0.2, -0.15) is 0 Å². The highest BCUT2D eigenvalue weighted by Gasteiger charge is 2.27. The summed E-state index contributed by atoms with van der Waals surface area (Å²) in [6.07, 6.45) is 2.23. The summed E-state index contributed by atoms with van der Waals surface area (Å²) in [6.45, 7) is 7.54. The van der Waals surface area contributed by atoms with Gasteiger partial charge in [-0.25, -0.2) is 9.97 Å². The Kier molecular flexibility index (Phi) is 7.32. The molecule has 2 aliphatic heterocycles. The van der Waals surface area contributed by atoms with E-state index < -0.39 is 0 Å². The number of morpholine rings is 1. The van der Waals surface area contributed by atoms with Gasteiger partial charge in [-0.05, 0) is 62.2 Å². The van der Waals surface area contributed by atoms with Crippen molar-refractivity contribution in [2.75, 3.05) is 56.2 Å². The molecule has 0 aliphatic carbocycles. The second kappa shape index (κ2) is 10.8. The number of carbonyl (C=O) groups excluding carboxylic acids is 1. The fraction of sp³-hybridized carbons (Fsp3) is 0.423. The van der Waals surface area contributed by atoms with Gasteiger partial charge >= 0.3 is 0 Å². The number of aromatic nitrogens is 2. The van der Waals surface area contributed by atoms with Crippen LogP contribution in [-0.2, 0) is 9.53 Å². The molecular weight excluding hydrogens is 466 g/mol. The molecule has 0 saturated carbocycles. The van der Waals surface area contributed by atoms with Gasteiger partial charge in [0.1, 0.15) is 5.75 Å². The van der Waals surface area contributed by atoms with Crippen molar-refractivity contribution in [3.05, 3.63) is 53.2 Å². The van der Waals surface area contributed by atoms with E-state index in [0.717, 1.165) is 74.8 Å². The second-order valence-corrected chi connectivity index (χ2v) is 9.43. The topological polar surface area (TPSA) is 79.8 Å². The fourth-order valence-electron chi connectivity index (χ4n) is 4.74. The Balaban J connectivity index is 1.20. The van der Waals surface area contributed by atoms with Gasteiger partial charge in [-0.3, -0.25) is 9.69 Å². The molecule has 0 radical (unpaired) electrons. The molecule has 2 saturated heterocycles. The molecule has 2 aromatic carbocycles. The first-order valence-electron chi connectivity index (χ1n) is 12.1. The number of nitrogens with zero attached hydrogens (tertiary/aromatic N) is 4. The molecule has 1 N–H and O–H groups in total. The van der Waals surface area contributed by atoms with E-state index in [1.807, 2.05) is 25.1 Å². The summed E-state index contributed by atoms with van der Waals surface area (Å²) in [5, 5.41) is 4.43. The average Bonchev–Trinajstić information content (AvgIpc) is 2.89. The van der Waals surface area contributed by atoms with Crippen molar-refractivity contribution in [2.24, 2.45) is 0 Å². The van der Waals surface area contributed by atoms with Crippen molar-refractivity contribution < 1.29 is 14.3 Å². The maximum atomic E-state index is 12.4. The van der Waals surface area contributed by atoms with Crippen LogP contribution in [0.2, 0.25) is 5.02 Å². The number of fused-ring (bicyclic) bond motifs is 1. The summed E-state index contributed by atoms with van der Waals surface area (Å²) >= 11 is 5.88. The molecule has 35 heavy (non-hydrogen) atoms. The smallest absolute Gasteiger partial charge is 0.262 e. The lowest BCUT2D eigenvalue weighted by molar-refractivity contribution is -0.118. The third-order valence-electron chi connectivity index (χ3n) is 6.65. The minimum Gasteiger partial charge on any atom is -0.484 e. The van der Waals surface area contributed by atoms with Gasteiger partial charge in [-0.15, -0.1) is 0 Å². The van der Waals surface area contributed by atoms with Gasteiger partial charge in [0.2, 0.25) is 5.95 Å². The number of amides is 1. The van der Waals surface area contributed by atoms with Gasteiger partial charge in [0, 0.05) is 48.3 Å². The highest BCUT2D eigenvalue weighted by atomic mass is 35.5. The van der Waals surface area contributed by atoms with Crippen LogP contribution in [0.5, 0.6) is 5.75 Å². The van der Waals surface area contributed by atoms with Crippen molar-refractivity contribution >= 4 is 40.0 Å². The predicted molar refractivity (Wildman–Crippen MR) is 137 cm³/mol. The maximum absolute atomic E-state index is 12.4. The normalized spacial score (nSPS) is 17.5. The Morgan fingerprint density at radius 1 is 1.09 bits per heavy atom. The molecule has 0 atom stereocenters. The number of aryl methyl sites for hydroxylation is 1. The monoisotopic (exact) mass is 495 g/mol. The lowest BCUT2D eigenvalue weighted by Crippen LogP contribution is -2.49. The van der Waals surface area contributed by atoms with E-state index in [2.05, 4.69) is 15.1 Å². The van der Waals surface area contributed by atoms with Gasteiger partial charge in [-0.1, -0.05) is 11.6 Å². The predicted octanol–water partition coefficient (Wildman–Crippen LogP) is 3.91. The number of nitrogens with one attached hydrogen (secondary N) is 1. The van der Waals surface area contributed by atoms with Crippen LogP contribution in [0.4, 0.5) is 11.6 Å². The zero-order valence-electron chi connectivity index (χ0n) is 19.9. The highest BCUT2D eigenvalue weighted by molar-refractivity contribution is 6.30. The van der Waals surface area contributed by atoms with Crippen LogP contribution in [0.15, 0.2) is 42.5 Å². The number of piperidine rings is 1. The summed E-state index contributed by atoms with van der Waals surface area (Å²) in [6, 6.07) is 13.2. The van der Waals surface area contributed by atoms with E-state index in [0.29, 0.717) is 22.5 Å². The lowest BCUT2D eigenvalue weighted by atomic mass is 10.0. The lowest BCUT2D eigenvalue weighted by Gasteiger charge is -2.40. The van der Waals surface area contributed by atoms with E-state index in [9.17, 15) is 4.79 Å². The van der Waals surface area contributed by atoms with Crippen LogP contribution in [0.1, 0.15) is 18.5 Å². The molecule has 0 bridgehead atoms. The summed E-state index contributed by atoms with van der Waals surface area (Å²) in [4.78, 5) is 26.8. The molecule has 9 heteroatoms. The van der Waals surface area contributed by atoms with Crippen molar-refractivity contribution in [2.45, 2.75) is 25.8 Å². The molecule has 184 valence electrons. The van der Waals surface area contributed by atoms with Gasteiger partial charge < -0.3 is 19.7 Å². The minimum absolute atomic E-state index is 0.0888. The van der Waals surface area contributed by atoms with Crippen molar-refractivity contribution in [3.8, 4) is 5.75 Å². The molecular formula is C26H30ClN5O3. The van der Waals surface area contributed by atoms with Gasteiger partial charge in [0.05, 0.1) is 24.4 Å². The first-order chi connectivity index (χ1) is 17.0. The van der Waals surface area contributed by atoms with Crippen LogP contribution >= 0.6 is 11.6 Å². The number of hydrogen-bond acceptors (Lipinski definition) is 7. The zero-order valence-corrected chi connectivity index (χ0v) is 20.6. The standard InChI is InChI=1S/C26H30ClN5O3/c1-18-23-16-20(29-25(33)17-35-22-5-2-19(27)3-6-22)4-7-24(23)30-26(28-18)32-10-8-21(9-11-32)31-12-14-34-15-13-31/h2-7,16,21H,8-15,17H2,1H3,(H,29,33). The Morgan fingerprint density at radius 2 is 1.83 bits per heavy atom. The number of halogens is 1. The minimum atomic E-state index is -0.238. The summed E-state index contributed by atoms with van der Waals surface area (Å²) in [7, 11) is 0. The average molecular weight is 496 g/mol. The van der Waals surface area contributed by atoms with Gasteiger partial charge in [0.15, 0.2) is 6.61 Å². The number of anilines is 2. The summed E-state index contributed by atoms with van der Waals surface area (Å²) < 4.78 is 11.0. The SMILES string of the molecule is Cc1nc(N2CCC(N3CCOCC3)CC2)nc2ccc(NC(=O)COc3ccc(Cl)cc3)cc12. The van der Waals surface area contributed by atoms with Crippen LogP contribution < -0.4 is 15.0 Å². The molecule has 1 aromatic heterocycles. The molecule has 8 nitrogen and oxygen atoms in total. The summed E-state index contributed by atoms with van der Waals surface area (Å²) in [5.74, 6) is 1.13. The molecule has 0 unspecified atom stereocenters. The molecule has 3 aromatic rings. The van der Waals surface area contributed by atoms with Crippen LogP contribution in [0.25, 0.3) is 10.9 Å². The van der Waals surface area contributed by atoms with E-state index in [1.165, 1.54) is 0 Å². The molecule has 1 amide bonds. The van der Waals surface area contributed by atoms with Crippen molar-refractivity contribution in [1.29, 1.82) is 0 Å². The second-order valence-electron chi connectivity index (χ2n) is 9.00. The van der Waals surface area contributed by atoms with E-state index in [1.54, 1.807) is 24.3 Å². The number of benzene rings is 2. The number of ether oxygens (including phenoxy) is 2.